The molecule has 8 heteroatoms. The number of esters is 1. The molecule has 0 aliphatic heterocycles. The number of nitrogens with zero attached hydrogens (tertiary/aromatic N) is 2. The van der Waals surface area contributed by atoms with Crippen LogP contribution in [0.4, 0.5) is 8.78 Å². The van der Waals surface area contributed by atoms with Crippen LogP contribution in [0.5, 0.6) is 5.88 Å². The molecule has 1 aromatic carbocycles. The molecule has 0 aliphatic rings. The van der Waals surface area contributed by atoms with E-state index in [1.165, 1.54) is 31.2 Å². The molecule has 0 amide bonds. The van der Waals surface area contributed by atoms with Crippen molar-refractivity contribution in [1.82, 2.24) is 9.78 Å². The van der Waals surface area contributed by atoms with Gasteiger partial charge in [0, 0.05) is 5.56 Å². The maximum Gasteiger partial charge on any atom is 0.359 e. The molecule has 134 valence electrons. The minimum absolute atomic E-state index is 0.0104. The summed E-state index contributed by atoms with van der Waals surface area (Å²) in [7, 11) is 2.83. The van der Waals surface area contributed by atoms with Crippen LogP contribution in [0.1, 0.15) is 28.5 Å². The van der Waals surface area contributed by atoms with Crippen LogP contribution in [0.15, 0.2) is 24.5 Å². The maximum atomic E-state index is 13.9. The fourth-order valence-corrected chi connectivity index (χ4v) is 2.25. The normalized spacial score (nSPS) is 10.9. The van der Waals surface area contributed by atoms with Crippen LogP contribution >= 0.6 is 0 Å². The van der Waals surface area contributed by atoms with Crippen molar-refractivity contribution in [1.29, 1.82) is 0 Å². The molecular weight excluding hydrogens is 334 g/mol. The number of ether oxygens (including phenoxy) is 3. The second-order valence-corrected chi connectivity index (χ2v) is 4.92. The average Bonchev–Trinajstić information content (AvgIpc) is 2.93. The summed E-state index contributed by atoms with van der Waals surface area (Å²) in [4.78, 5) is 12.1. The van der Waals surface area contributed by atoms with E-state index in [0.717, 1.165) is 18.2 Å². The molecule has 0 bridgehead atoms. The summed E-state index contributed by atoms with van der Waals surface area (Å²) in [6.07, 6.45) is 2.83. The smallest absolute Gasteiger partial charge is 0.359 e. The van der Waals surface area contributed by atoms with Crippen LogP contribution < -0.4 is 4.74 Å². The lowest BCUT2D eigenvalue weighted by atomic mass is 10.2. The number of methoxy groups -OCH3 is 2. The van der Waals surface area contributed by atoms with E-state index in [0.29, 0.717) is 5.56 Å². The average molecular weight is 352 g/mol. The Balaban J connectivity index is 2.51. The van der Waals surface area contributed by atoms with Crippen molar-refractivity contribution in [2.75, 3.05) is 20.8 Å². The zero-order valence-electron chi connectivity index (χ0n) is 14.1. The van der Waals surface area contributed by atoms with Crippen molar-refractivity contribution in [3.05, 3.63) is 52.9 Å². The van der Waals surface area contributed by atoms with Crippen molar-refractivity contribution in [2.45, 2.75) is 13.5 Å². The van der Waals surface area contributed by atoms with Gasteiger partial charge in [-0.25, -0.2) is 18.3 Å². The molecule has 1 heterocycles. The Morgan fingerprint density at radius 1 is 1.32 bits per heavy atom. The van der Waals surface area contributed by atoms with Gasteiger partial charge in [-0.15, -0.1) is 0 Å². The number of hydrogen-bond acceptors (Lipinski definition) is 5. The third-order valence-corrected chi connectivity index (χ3v) is 3.30. The van der Waals surface area contributed by atoms with Gasteiger partial charge in [0.1, 0.15) is 11.6 Å². The molecule has 25 heavy (non-hydrogen) atoms. The third kappa shape index (κ3) is 4.14. The van der Waals surface area contributed by atoms with Gasteiger partial charge in [0.25, 0.3) is 0 Å². The Bertz CT molecular complexity index is 787. The molecule has 0 saturated heterocycles. The zero-order valence-corrected chi connectivity index (χ0v) is 14.1. The topological polar surface area (TPSA) is 62.6 Å². The highest BCUT2D eigenvalue weighted by Crippen LogP contribution is 2.26. The van der Waals surface area contributed by atoms with Gasteiger partial charge in [-0.2, -0.15) is 5.10 Å². The van der Waals surface area contributed by atoms with Crippen molar-refractivity contribution < 1.29 is 27.8 Å². The highest BCUT2D eigenvalue weighted by Gasteiger charge is 2.24. The second kappa shape index (κ2) is 8.27. The molecule has 0 fully saturated rings. The molecule has 0 spiro atoms. The van der Waals surface area contributed by atoms with Crippen LogP contribution in [-0.2, 0) is 16.0 Å². The Labute approximate surface area is 143 Å². The monoisotopic (exact) mass is 352 g/mol. The first-order chi connectivity index (χ1) is 12.0. The van der Waals surface area contributed by atoms with Gasteiger partial charge >= 0.3 is 5.97 Å². The molecule has 0 unspecified atom stereocenters. The van der Waals surface area contributed by atoms with E-state index >= 15 is 0 Å². The summed E-state index contributed by atoms with van der Waals surface area (Å²) in [5, 5.41) is 4.14. The SMILES string of the molecule is CCOC(=O)c1nn(Cc2cc(F)ccc2F)c(OC)c1C=COC. The van der Waals surface area contributed by atoms with Gasteiger partial charge in [0.15, 0.2) is 5.69 Å². The standard InChI is InChI=1S/C17H18F2N2O4/c1-4-25-17(22)15-13(7-8-23-2)16(24-3)21(20-15)10-11-9-12(18)5-6-14(11)19/h5-9H,4,10H2,1-3H3. The van der Waals surface area contributed by atoms with Crippen LogP contribution in [0, 0.1) is 11.6 Å². The predicted molar refractivity (Wildman–Crippen MR) is 86.2 cm³/mol. The quantitative estimate of drug-likeness (QED) is 0.566. The van der Waals surface area contributed by atoms with E-state index in [9.17, 15) is 13.6 Å². The van der Waals surface area contributed by atoms with E-state index in [4.69, 9.17) is 14.2 Å². The summed E-state index contributed by atoms with van der Waals surface area (Å²) in [6, 6.07) is 3.11. The Morgan fingerprint density at radius 2 is 2.08 bits per heavy atom. The van der Waals surface area contributed by atoms with E-state index in [-0.39, 0.29) is 30.3 Å². The van der Waals surface area contributed by atoms with Crippen molar-refractivity contribution >= 4 is 12.0 Å². The molecule has 0 radical (unpaired) electrons. The molecule has 2 aromatic rings. The Kier molecular flexibility index (Phi) is 6.10. The number of rotatable bonds is 7. The second-order valence-electron chi connectivity index (χ2n) is 4.92. The highest BCUT2D eigenvalue weighted by molar-refractivity contribution is 5.92. The molecule has 0 N–H and O–H groups in total. The van der Waals surface area contributed by atoms with Crippen LogP contribution in [0.25, 0.3) is 6.08 Å². The van der Waals surface area contributed by atoms with Crippen molar-refractivity contribution in [3.63, 3.8) is 0 Å². The molecule has 0 aliphatic carbocycles. The van der Waals surface area contributed by atoms with Gasteiger partial charge in [-0.1, -0.05) is 0 Å². The van der Waals surface area contributed by atoms with E-state index in [1.54, 1.807) is 6.92 Å². The first-order valence-corrected chi connectivity index (χ1v) is 7.47. The van der Waals surface area contributed by atoms with Crippen molar-refractivity contribution in [3.8, 4) is 5.88 Å². The Hall–Kier alpha value is -2.90. The number of benzene rings is 1. The lowest BCUT2D eigenvalue weighted by Crippen LogP contribution is -2.09. The van der Waals surface area contributed by atoms with Gasteiger partial charge in [0.05, 0.1) is 39.2 Å². The molecule has 1 aromatic heterocycles. The zero-order chi connectivity index (χ0) is 18.4. The van der Waals surface area contributed by atoms with Gasteiger partial charge in [-0.3, -0.25) is 0 Å². The van der Waals surface area contributed by atoms with E-state index in [2.05, 4.69) is 5.10 Å². The first-order valence-electron chi connectivity index (χ1n) is 7.47. The van der Waals surface area contributed by atoms with Gasteiger partial charge < -0.3 is 14.2 Å². The molecule has 2 rings (SSSR count). The summed E-state index contributed by atoms with van der Waals surface area (Å²) < 4.78 is 43.7. The summed E-state index contributed by atoms with van der Waals surface area (Å²) in [5.74, 6) is -1.63. The molecule has 0 atom stereocenters. The number of aromatic nitrogens is 2. The Morgan fingerprint density at radius 3 is 2.72 bits per heavy atom. The van der Waals surface area contributed by atoms with E-state index in [1.807, 2.05) is 0 Å². The van der Waals surface area contributed by atoms with Crippen LogP contribution in [-0.4, -0.2) is 36.6 Å². The summed E-state index contributed by atoms with van der Waals surface area (Å²) in [5.41, 5.74) is 0.377. The summed E-state index contributed by atoms with van der Waals surface area (Å²) in [6.45, 7) is 1.71. The lowest BCUT2D eigenvalue weighted by molar-refractivity contribution is 0.0518. The maximum absolute atomic E-state index is 13.9. The molecular formula is C17H18F2N2O4. The first kappa shape index (κ1) is 18.4. The predicted octanol–water partition coefficient (Wildman–Crippen LogP) is 3.01. The fourth-order valence-electron chi connectivity index (χ4n) is 2.25. The van der Waals surface area contributed by atoms with Gasteiger partial charge in [0.2, 0.25) is 5.88 Å². The van der Waals surface area contributed by atoms with Crippen LogP contribution in [0.2, 0.25) is 0 Å². The van der Waals surface area contributed by atoms with Crippen LogP contribution in [0.3, 0.4) is 0 Å². The van der Waals surface area contributed by atoms with Gasteiger partial charge in [-0.05, 0) is 31.2 Å². The largest absolute Gasteiger partial charge is 0.504 e. The lowest BCUT2D eigenvalue weighted by Gasteiger charge is -2.08. The fraction of sp³-hybridized carbons (Fsp3) is 0.294. The van der Waals surface area contributed by atoms with E-state index < -0.39 is 17.6 Å². The molecule has 0 saturated carbocycles. The number of carbonyl (C=O) groups excluding carboxylic acids is 1. The third-order valence-electron chi connectivity index (χ3n) is 3.30. The molecule has 6 nitrogen and oxygen atoms in total. The minimum atomic E-state index is -0.657. The number of hydrogen-bond donors (Lipinski definition) is 0. The highest BCUT2D eigenvalue weighted by atomic mass is 19.1. The summed E-state index contributed by atoms with van der Waals surface area (Å²) >= 11 is 0. The minimum Gasteiger partial charge on any atom is -0.504 e. The van der Waals surface area contributed by atoms with Crippen molar-refractivity contribution in [2.24, 2.45) is 0 Å². The number of carbonyl (C=O) groups is 1. The number of halogens is 2.